The van der Waals surface area contributed by atoms with Crippen LogP contribution in [0, 0.1) is 0 Å². The van der Waals surface area contributed by atoms with E-state index in [2.05, 4.69) is 11.9 Å². The number of carbonyl (C=O) groups is 2. The van der Waals surface area contributed by atoms with Gasteiger partial charge in [-0.2, -0.15) is 0 Å². The quantitative estimate of drug-likeness (QED) is 0.447. The van der Waals surface area contributed by atoms with E-state index < -0.39 is 11.5 Å². The molecule has 114 valence electrons. The van der Waals surface area contributed by atoms with Gasteiger partial charge >= 0.3 is 12.0 Å². The van der Waals surface area contributed by atoms with E-state index in [4.69, 9.17) is 0 Å². The standard InChI is InChI=1S/C15H26N2O3/c1-3-4-9-12-17(2)14(20)16-15(13(18)19)10-7-5-6-8-11-15/h3H,1,4-12H2,2H3,(H,16,20)(H,18,19). The lowest BCUT2D eigenvalue weighted by molar-refractivity contribution is -0.145. The van der Waals surface area contributed by atoms with Gasteiger partial charge in [-0.3, -0.25) is 0 Å². The fourth-order valence-corrected chi connectivity index (χ4v) is 2.60. The van der Waals surface area contributed by atoms with Gasteiger partial charge in [0.05, 0.1) is 0 Å². The van der Waals surface area contributed by atoms with Gasteiger partial charge in [-0.15, -0.1) is 6.58 Å². The Balaban J connectivity index is 2.62. The molecule has 5 nitrogen and oxygen atoms in total. The maximum Gasteiger partial charge on any atom is 0.329 e. The summed E-state index contributed by atoms with van der Waals surface area (Å²) < 4.78 is 0. The molecule has 2 N–H and O–H groups in total. The van der Waals surface area contributed by atoms with Crippen LogP contribution in [0.3, 0.4) is 0 Å². The van der Waals surface area contributed by atoms with E-state index in [9.17, 15) is 14.7 Å². The number of nitrogens with zero attached hydrogens (tertiary/aromatic N) is 1. The summed E-state index contributed by atoms with van der Waals surface area (Å²) in [5, 5.41) is 12.3. The van der Waals surface area contributed by atoms with Crippen molar-refractivity contribution in [2.45, 2.75) is 56.9 Å². The van der Waals surface area contributed by atoms with Crippen LogP contribution in [0.5, 0.6) is 0 Å². The van der Waals surface area contributed by atoms with Gasteiger partial charge in [0.1, 0.15) is 5.54 Å². The highest BCUT2D eigenvalue weighted by Crippen LogP contribution is 2.27. The monoisotopic (exact) mass is 282 g/mol. The number of hydrogen-bond acceptors (Lipinski definition) is 2. The van der Waals surface area contributed by atoms with E-state index in [1.54, 1.807) is 11.9 Å². The summed E-state index contributed by atoms with van der Waals surface area (Å²) in [7, 11) is 1.70. The van der Waals surface area contributed by atoms with Gasteiger partial charge < -0.3 is 15.3 Å². The lowest BCUT2D eigenvalue weighted by atomic mass is 9.90. The molecule has 0 heterocycles. The van der Waals surface area contributed by atoms with Gasteiger partial charge in [-0.05, 0) is 25.7 Å². The number of carboxylic acid groups (broad SMARTS) is 1. The highest BCUT2D eigenvalue weighted by atomic mass is 16.4. The first-order valence-electron chi connectivity index (χ1n) is 7.39. The summed E-state index contributed by atoms with van der Waals surface area (Å²) in [4.78, 5) is 25.3. The Morgan fingerprint density at radius 2 is 1.90 bits per heavy atom. The zero-order chi connectivity index (χ0) is 15.0. The van der Waals surface area contributed by atoms with Crippen LogP contribution in [0.2, 0.25) is 0 Å². The van der Waals surface area contributed by atoms with Crippen molar-refractivity contribution in [2.75, 3.05) is 13.6 Å². The first-order chi connectivity index (χ1) is 9.52. The number of rotatable bonds is 6. The van der Waals surface area contributed by atoms with Crippen molar-refractivity contribution in [1.82, 2.24) is 10.2 Å². The van der Waals surface area contributed by atoms with Crippen LogP contribution in [-0.2, 0) is 4.79 Å². The molecular weight excluding hydrogens is 256 g/mol. The smallest absolute Gasteiger partial charge is 0.329 e. The normalized spacial score (nSPS) is 17.9. The van der Waals surface area contributed by atoms with E-state index >= 15 is 0 Å². The Bertz CT molecular complexity index is 347. The summed E-state index contributed by atoms with van der Waals surface area (Å²) in [6, 6.07) is -0.293. The molecule has 1 fully saturated rings. The van der Waals surface area contributed by atoms with Gasteiger partial charge in [-0.25, -0.2) is 9.59 Å². The van der Waals surface area contributed by atoms with Crippen molar-refractivity contribution in [3.8, 4) is 0 Å². The maximum absolute atomic E-state index is 12.2. The van der Waals surface area contributed by atoms with Gasteiger partial charge in [0.15, 0.2) is 0 Å². The fraction of sp³-hybridized carbons (Fsp3) is 0.733. The minimum Gasteiger partial charge on any atom is -0.480 e. The molecule has 1 aliphatic rings. The number of unbranched alkanes of at least 4 members (excludes halogenated alkanes) is 1. The fourth-order valence-electron chi connectivity index (χ4n) is 2.60. The summed E-state index contributed by atoms with van der Waals surface area (Å²) in [6.07, 6.45) is 8.34. The molecule has 0 aromatic rings. The number of carboxylic acids is 1. The third-order valence-electron chi connectivity index (χ3n) is 3.96. The summed E-state index contributed by atoms with van der Waals surface area (Å²) in [6.45, 7) is 4.25. The second-order valence-corrected chi connectivity index (χ2v) is 5.58. The Labute approximate surface area is 121 Å². The van der Waals surface area contributed by atoms with Crippen LogP contribution in [-0.4, -0.2) is 41.1 Å². The molecule has 1 rings (SSSR count). The molecule has 0 bridgehead atoms. The molecule has 5 heteroatoms. The van der Waals surface area contributed by atoms with Crippen LogP contribution in [0.25, 0.3) is 0 Å². The number of allylic oxidation sites excluding steroid dienone is 1. The van der Waals surface area contributed by atoms with Crippen molar-refractivity contribution in [1.29, 1.82) is 0 Å². The lowest BCUT2D eigenvalue weighted by Gasteiger charge is -2.31. The molecule has 0 unspecified atom stereocenters. The average Bonchev–Trinajstić information content (AvgIpc) is 2.65. The first kappa shape index (κ1) is 16.5. The summed E-state index contributed by atoms with van der Waals surface area (Å²) in [5.74, 6) is -0.910. The molecule has 0 aromatic heterocycles. The van der Waals surface area contributed by atoms with Gasteiger partial charge in [0.2, 0.25) is 0 Å². The predicted molar refractivity (Wildman–Crippen MR) is 78.7 cm³/mol. The van der Waals surface area contributed by atoms with Crippen molar-refractivity contribution in [3.63, 3.8) is 0 Å². The van der Waals surface area contributed by atoms with Crippen LogP contribution >= 0.6 is 0 Å². The minimum atomic E-state index is -1.08. The highest BCUT2D eigenvalue weighted by Gasteiger charge is 2.40. The Hall–Kier alpha value is -1.52. The zero-order valence-electron chi connectivity index (χ0n) is 12.4. The summed E-state index contributed by atoms with van der Waals surface area (Å²) >= 11 is 0. The van der Waals surface area contributed by atoms with Crippen molar-refractivity contribution >= 4 is 12.0 Å². The SMILES string of the molecule is C=CCCCN(C)C(=O)NC1(C(=O)O)CCCCCC1. The second kappa shape index (κ2) is 7.92. The van der Waals surface area contributed by atoms with Gasteiger partial charge in [-0.1, -0.05) is 31.8 Å². The van der Waals surface area contributed by atoms with Gasteiger partial charge in [0, 0.05) is 13.6 Å². The molecule has 2 amide bonds. The highest BCUT2D eigenvalue weighted by molar-refractivity contribution is 5.86. The molecule has 0 atom stereocenters. The topological polar surface area (TPSA) is 69.6 Å². The molecule has 0 aliphatic heterocycles. The lowest BCUT2D eigenvalue weighted by Crippen LogP contribution is -2.57. The Kier molecular flexibility index (Phi) is 6.55. The number of hydrogen-bond donors (Lipinski definition) is 2. The van der Waals surface area contributed by atoms with E-state index in [1.807, 2.05) is 6.08 Å². The molecule has 0 spiro atoms. The van der Waals surface area contributed by atoms with Crippen molar-refractivity contribution < 1.29 is 14.7 Å². The molecule has 0 radical (unpaired) electrons. The molecule has 1 aliphatic carbocycles. The van der Waals surface area contributed by atoms with Gasteiger partial charge in [0.25, 0.3) is 0 Å². The Morgan fingerprint density at radius 1 is 1.30 bits per heavy atom. The molecule has 1 saturated carbocycles. The third kappa shape index (κ3) is 4.54. The van der Waals surface area contributed by atoms with Crippen LogP contribution < -0.4 is 5.32 Å². The van der Waals surface area contributed by atoms with Crippen LogP contribution in [0.1, 0.15) is 51.4 Å². The maximum atomic E-state index is 12.2. The average molecular weight is 282 g/mol. The van der Waals surface area contributed by atoms with Crippen molar-refractivity contribution in [2.24, 2.45) is 0 Å². The number of urea groups is 1. The molecular formula is C15H26N2O3. The Morgan fingerprint density at radius 3 is 2.40 bits per heavy atom. The minimum absolute atomic E-state index is 0.293. The number of nitrogens with one attached hydrogen (secondary N) is 1. The molecule has 0 saturated heterocycles. The number of amides is 2. The van der Waals surface area contributed by atoms with Crippen LogP contribution in [0.15, 0.2) is 12.7 Å². The third-order valence-corrected chi connectivity index (χ3v) is 3.96. The summed E-state index contributed by atoms with van der Waals surface area (Å²) in [5.41, 5.74) is -1.08. The molecule has 0 aromatic carbocycles. The van der Waals surface area contributed by atoms with Crippen LogP contribution in [0.4, 0.5) is 4.79 Å². The second-order valence-electron chi connectivity index (χ2n) is 5.58. The van der Waals surface area contributed by atoms with E-state index in [0.717, 1.165) is 38.5 Å². The first-order valence-corrected chi connectivity index (χ1v) is 7.39. The predicted octanol–water partition coefficient (Wildman–Crippen LogP) is 2.77. The largest absolute Gasteiger partial charge is 0.480 e. The van der Waals surface area contributed by atoms with Crippen molar-refractivity contribution in [3.05, 3.63) is 12.7 Å². The van der Waals surface area contributed by atoms with E-state index in [0.29, 0.717) is 19.4 Å². The van der Waals surface area contributed by atoms with E-state index in [1.165, 1.54) is 0 Å². The van der Waals surface area contributed by atoms with E-state index in [-0.39, 0.29) is 6.03 Å². The molecule has 20 heavy (non-hydrogen) atoms. The number of carbonyl (C=O) groups excluding carboxylic acids is 1. The number of aliphatic carboxylic acids is 1. The zero-order valence-corrected chi connectivity index (χ0v) is 12.4.